The normalized spacial score (nSPS) is 15.0. The van der Waals surface area contributed by atoms with E-state index in [1.807, 2.05) is 0 Å². The second-order valence-electron chi connectivity index (χ2n) is 3.72. The number of nitrogens with zero attached hydrogens (tertiary/aromatic N) is 1. The molecule has 2 amide bonds. The minimum Gasteiger partial charge on any atom is -0.323 e. The fourth-order valence-corrected chi connectivity index (χ4v) is 2.95. The van der Waals surface area contributed by atoms with Crippen LogP contribution in [-0.4, -0.2) is 34.9 Å². The maximum atomic E-state index is 11.8. The molecule has 1 aliphatic heterocycles. The molecule has 0 aliphatic carbocycles. The summed E-state index contributed by atoms with van der Waals surface area (Å²) in [5.74, 6) is 0.797. The van der Waals surface area contributed by atoms with Gasteiger partial charge in [0.05, 0.1) is 26.8 Å². The average Bonchev–Trinajstić information content (AvgIpc) is 2.71. The molecule has 0 unspecified atom stereocenters. The fourth-order valence-electron chi connectivity index (χ4n) is 1.50. The van der Waals surface area contributed by atoms with E-state index in [-0.39, 0.29) is 18.4 Å². The summed E-state index contributed by atoms with van der Waals surface area (Å²) in [7, 11) is 0. The zero-order chi connectivity index (χ0) is 13.1. The van der Waals surface area contributed by atoms with Crippen molar-refractivity contribution in [2.24, 2.45) is 0 Å². The van der Waals surface area contributed by atoms with Gasteiger partial charge < -0.3 is 10.2 Å². The van der Waals surface area contributed by atoms with Crippen LogP contribution in [0, 0.1) is 0 Å². The molecule has 2 rings (SSSR count). The fraction of sp³-hybridized carbons (Fsp3) is 0.273. The zero-order valence-corrected chi connectivity index (χ0v) is 12.4. The molecule has 1 N–H and O–H groups in total. The second-order valence-corrected chi connectivity index (χ2v) is 5.87. The van der Waals surface area contributed by atoms with E-state index in [4.69, 9.17) is 11.6 Å². The largest absolute Gasteiger partial charge is 0.323 e. The van der Waals surface area contributed by atoms with Crippen molar-refractivity contribution in [3.8, 4) is 0 Å². The van der Waals surface area contributed by atoms with Crippen LogP contribution >= 0.6 is 39.3 Å². The highest BCUT2D eigenvalue weighted by Gasteiger charge is 2.23. The Balaban J connectivity index is 1.99. The SMILES string of the molecule is O=C(CN1CSCC1=O)Nc1cccc(Cl)c1Br. The van der Waals surface area contributed by atoms with Gasteiger partial charge in [0.15, 0.2) is 0 Å². The Morgan fingerprint density at radius 1 is 1.56 bits per heavy atom. The zero-order valence-electron chi connectivity index (χ0n) is 9.28. The van der Waals surface area contributed by atoms with Crippen molar-refractivity contribution in [2.45, 2.75) is 0 Å². The minimum atomic E-state index is -0.228. The van der Waals surface area contributed by atoms with E-state index in [1.54, 1.807) is 18.2 Å². The van der Waals surface area contributed by atoms with Gasteiger partial charge in [-0.3, -0.25) is 9.59 Å². The number of nitrogens with one attached hydrogen (secondary N) is 1. The third-order valence-electron chi connectivity index (χ3n) is 2.39. The predicted molar refractivity (Wildman–Crippen MR) is 76.8 cm³/mol. The maximum Gasteiger partial charge on any atom is 0.244 e. The summed E-state index contributed by atoms with van der Waals surface area (Å²) in [5.41, 5.74) is 0.604. The lowest BCUT2D eigenvalue weighted by Gasteiger charge is -2.15. The Morgan fingerprint density at radius 2 is 2.33 bits per heavy atom. The highest BCUT2D eigenvalue weighted by molar-refractivity contribution is 9.10. The smallest absolute Gasteiger partial charge is 0.244 e. The van der Waals surface area contributed by atoms with Gasteiger partial charge in [0.1, 0.15) is 6.54 Å². The monoisotopic (exact) mass is 348 g/mol. The van der Waals surface area contributed by atoms with Crippen molar-refractivity contribution in [1.29, 1.82) is 0 Å². The van der Waals surface area contributed by atoms with Crippen LogP contribution < -0.4 is 5.32 Å². The highest BCUT2D eigenvalue weighted by Crippen LogP contribution is 2.30. The third kappa shape index (κ3) is 3.18. The van der Waals surface area contributed by atoms with Crippen molar-refractivity contribution in [3.05, 3.63) is 27.7 Å². The highest BCUT2D eigenvalue weighted by atomic mass is 79.9. The van der Waals surface area contributed by atoms with Gasteiger partial charge in [-0.05, 0) is 28.1 Å². The summed E-state index contributed by atoms with van der Waals surface area (Å²) in [5, 5.41) is 3.25. The van der Waals surface area contributed by atoms with Crippen LogP contribution in [0.15, 0.2) is 22.7 Å². The molecule has 7 heteroatoms. The molecular formula is C11H10BrClN2O2S. The number of amides is 2. The first-order chi connectivity index (χ1) is 8.58. The second kappa shape index (κ2) is 5.95. The molecule has 18 heavy (non-hydrogen) atoms. The van der Waals surface area contributed by atoms with E-state index in [0.717, 1.165) is 0 Å². The van der Waals surface area contributed by atoms with Crippen molar-refractivity contribution in [2.75, 3.05) is 23.5 Å². The van der Waals surface area contributed by atoms with E-state index in [0.29, 0.717) is 26.8 Å². The Bertz CT molecular complexity index is 498. The number of hydrogen-bond acceptors (Lipinski definition) is 3. The number of carbonyl (C=O) groups excluding carboxylic acids is 2. The van der Waals surface area contributed by atoms with Crippen molar-refractivity contribution in [3.63, 3.8) is 0 Å². The Labute approximate surface area is 122 Å². The Morgan fingerprint density at radius 3 is 3.00 bits per heavy atom. The van der Waals surface area contributed by atoms with Gasteiger partial charge in [-0.15, -0.1) is 11.8 Å². The number of halogens is 2. The summed E-state index contributed by atoms with van der Waals surface area (Å²) in [6.07, 6.45) is 0. The quantitative estimate of drug-likeness (QED) is 0.912. The lowest BCUT2D eigenvalue weighted by atomic mass is 10.3. The molecule has 0 radical (unpaired) electrons. The molecule has 96 valence electrons. The molecule has 0 aromatic heterocycles. The van der Waals surface area contributed by atoms with Gasteiger partial charge in [-0.2, -0.15) is 0 Å². The van der Waals surface area contributed by atoms with Gasteiger partial charge in [0, 0.05) is 0 Å². The molecule has 1 aromatic carbocycles. The molecule has 1 aliphatic rings. The number of thioether (sulfide) groups is 1. The van der Waals surface area contributed by atoms with Crippen LogP contribution in [0.5, 0.6) is 0 Å². The summed E-state index contributed by atoms with van der Waals surface area (Å²) in [4.78, 5) is 24.7. The van der Waals surface area contributed by atoms with Crippen LogP contribution in [-0.2, 0) is 9.59 Å². The van der Waals surface area contributed by atoms with Crippen molar-refractivity contribution < 1.29 is 9.59 Å². The van der Waals surface area contributed by atoms with E-state index in [2.05, 4.69) is 21.2 Å². The summed E-state index contributed by atoms with van der Waals surface area (Å²) >= 11 is 10.7. The molecule has 1 aromatic rings. The lowest BCUT2D eigenvalue weighted by Crippen LogP contribution is -2.34. The van der Waals surface area contributed by atoms with Crippen LogP contribution in [0.3, 0.4) is 0 Å². The first kappa shape index (κ1) is 13.7. The van der Waals surface area contributed by atoms with E-state index in [1.165, 1.54) is 16.7 Å². The number of anilines is 1. The van der Waals surface area contributed by atoms with Gasteiger partial charge >= 0.3 is 0 Å². The van der Waals surface area contributed by atoms with Gasteiger partial charge in [0.25, 0.3) is 0 Å². The van der Waals surface area contributed by atoms with Crippen LogP contribution in [0.4, 0.5) is 5.69 Å². The minimum absolute atomic E-state index is 0.000287. The molecule has 0 bridgehead atoms. The van der Waals surface area contributed by atoms with Gasteiger partial charge in [-0.25, -0.2) is 0 Å². The van der Waals surface area contributed by atoms with E-state index < -0.39 is 0 Å². The van der Waals surface area contributed by atoms with Crippen LogP contribution in [0.25, 0.3) is 0 Å². The Kier molecular flexibility index (Phi) is 4.53. The van der Waals surface area contributed by atoms with Gasteiger partial charge in [-0.1, -0.05) is 17.7 Å². The molecule has 1 fully saturated rings. The van der Waals surface area contributed by atoms with Crippen molar-refractivity contribution in [1.82, 2.24) is 4.90 Å². The molecule has 0 saturated carbocycles. The summed E-state index contributed by atoms with van der Waals surface area (Å²) in [6, 6.07) is 5.22. The van der Waals surface area contributed by atoms with Crippen molar-refractivity contribution >= 4 is 56.8 Å². The van der Waals surface area contributed by atoms with E-state index in [9.17, 15) is 9.59 Å². The molecule has 0 spiro atoms. The summed E-state index contributed by atoms with van der Waals surface area (Å²) in [6.45, 7) is 0.0742. The molecular weight excluding hydrogens is 340 g/mol. The third-order valence-corrected chi connectivity index (χ3v) is 4.73. The number of hydrogen-bond donors (Lipinski definition) is 1. The first-order valence-corrected chi connectivity index (χ1v) is 7.50. The Hall–Kier alpha value is -0.720. The molecule has 1 saturated heterocycles. The number of carbonyl (C=O) groups is 2. The molecule has 4 nitrogen and oxygen atoms in total. The maximum absolute atomic E-state index is 11.8. The van der Waals surface area contributed by atoms with Crippen LogP contribution in [0.1, 0.15) is 0 Å². The average molecular weight is 350 g/mol. The van der Waals surface area contributed by atoms with Gasteiger partial charge in [0.2, 0.25) is 11.8 Å². The number of benzene rings is 1. The van der Waals surface area contributed by atoms with E-state index >= 15 is 0 Å². The standard InChI is InChI=1S/C11H10BrClN2O2S/c12-11-7(13)2-1-3-8(11)14-9(16)4-15-6-18-5-10(15)17/h1-3H,4-6H2,(H,14,16). The predicted octanol–water partition coefficient (Wildman–Crippen LogP) is 2.57. The number of rotatable bonds is 3. The lowest BCUT2D eigenvalue weighted by molar-refractivity contribution is -0.130. The topological polar surface area (TPSA) is 49.4 Å². The van der Waals surface area contributed by atoms with Crippen LogP contribution in [0.2, 0.25) is 5.02 Å². The first-order valence-electron chi connectivity index (χ1n) is 5.17. The molecule has 0 atom stereocenters. The molecule has 1 heterocycles. The summed E-state index contributed by atoms with van der Waals surface area (Å²) < 4.78 is 0.641.